The average molecular weight is 239 g/mol. The highest BCUT2D eigenvalue weighted by molar-refractivity contribution is 6.01. The molecule has 92 valence electrons. The first kappa shape index (κ1) is 12.8. The van der Waals surface area contributed by atoms with Gasteiger partial charge in [-0.2, -0.15) is 0 Å². The molecule has 0 fully saturated rings. The molecule has 0 aromatic heterocycles. The van der Waals surface area contributed by atoms with Crippen molar-refractivity contribution in [2.24, 2.45) is 5.73 Å². The van der Waals surface area contributed by atoms with Gasteiger partial charge in [-0.3, -0.25) is 4.79 Å². The summed E-state index contributed by atoms with van der Waals surface area (Å²) >= 11 is 0. The lowest BCUT2D eigenvalue weighted by Crippen LogP contribution is -2.15. The van der Waals surface area contributed by atoms with Crippen LogP contribution in [0.2, 0.25) is 0 Å². The Hall–Kier alpha value is -2.24. The molecule has 0 heterocycles. The summed E-state index contributed by atoms with van der Waals surface area (Å²) in [6.45, 7) is 0. The molecular formula is C11H13NO5. The third kappa shape index (κ3) is 2.47. The number of nitrogens with two attached hydrogens (primary N) is 1. The molecule has 0 aliphatic heterocycles. The van der Waals surface area contributed by atoms with Gasteiger partial charge in [-0.15, -0.1) is 0 Å². The van der Waals surface area contributed by atoms with Gasteiger partial charge in [0, 0.05) is 0 Å². The van der Waals surface area contributed by atoms with Crippen LogP contribution in [0.5, 0.6) is 11.5 Å². The zero-order valence-electron chi connectivity index (χ0n) is 9.77. The van der Waals surface area contributed by atoms with Crippen LogP contribution in [0.15, 0.2) is 12.1 Å². The second kappa shape index (κ2) is 5.20. The van der Waals surface area contributed by atoms with Crippen molar-refractivity contribution in [2.75, 3.05) is 21.3 Å². The number of hydrogen-bond donors (Lipinski definition) is 1. The minimum atomic E-state index is -0.699. The second-order valence-electron chi connectivity index (χ2n) is 3.11. The van der Waals surface area contributed by atoms with Crippen molar-refractivity contribution < 1.29 is 23.8 Å². The topological polar surface area (TPSA) is 87.9 Å². The largest absolute Gasteiger partial charge is 0.496 e. The molecule has 6 heteroatoms. The molecule has 6 nitrogen and oxygen atoms in total. The molecule has 0 atom stereocenters. The first-order chi connectivity index (χ1) is 8.04. The average Bonchev–Trinajstić information content (AvgIpc) is 2.35. The Bertz CT molecular complexity index is 430. The molecule has 0 spiro atoms. The molecule has 1 aromatic rings. The van der Waals surface area contributed by atoms with Crippen LogP contribution >= 0.6 is 0 Å². The fourth-order valence-corrected chi connectivity index (χ4v) is 1.39. The van der Waals surface area contributed by atoms with Crippen LogP contribution in [0, 0.1) is 0 Å². The maximum absolute atomic E-state index is 11.4. The zero-order chi connectivity index (χ0) is 13.0. The summed E-state index contributed by atoms with van der Waals surface area (Å²) in [4.78, 5) is 22.6. The summed E-state index contributed by atoms with van der Waals surface area (Å²) in [5, 5.41) is 0. The lowest BCUT2D eigenvalue weighted by Gasteiger charge is -2.12. The maximum atomic E-state index is 11.4. The molecule has 0 radical (unpaired) electrons. The number of rotatable bonds is 4. The Morgan fingerprint density at radius 1 is 1.06 bits per heavy atom. The number of primary amides is 1. The van der Waals surface area contributed by atoms with Gasteiger partial charge in [0.1, 0.15) is 17.1 Å². The normalized spacial score (nSPS) is 9.59. The van der Waals surface area contributed by atoms with Crippen LogP contribution in [0.25, 0.3) is 0 Å². The molecule has 1 aromatic carbocycles. The smallest absolute Gasteiger partial charge is 0.338 e. The fraction of sp³-hybridized carbons (Fsp3) is 0.273. The van der Waals surface area contributed by atoms with Gasteiger partial charge in [0.15, 0.2) is 0 Å². The molecule has 17 heavy (non-hydrogen) atoms. The quantitative estimate of drug-likeness (QED) is 0.777. The lowest BCUT2D eigenvalue weighted by molar-refractivity contribution is 0.0599. The van der Waals surface area contributed by atoms with E-state index >= 15 is 0 Å². The number of amides is 1. The first-order valence-electron chi connectivity index (χ1n) is 4.69. The highest BCUT2D eigenvalue weighted by atomic mass is 16.5. The van der Waals surface area contributed by atoms with E-state index in [4.69, 9.17) is 15.2 Å². The van der Waals surface area contributed by atoms with E-state index in [1.165, 1.54) is 33.5 Å². The van der Waals surface area contributed by atoms with Crippen molar-refractivity contribution in [2.45, 2.75) is 0 Å². The van der Waals surface area contributed by atoms with E-state index < -0.39 is 11.9 Å². The van der Waals surface area contributed by atoms with Crippen molar-refractivity contribution in [3.8, 4) is 11.5 Å². The molecule has 0 unspecified atom stereocenters. The van der Waals surface area contributed by atoms with Crippen LogP contribution < -0.4 is 15.2 Å². The van der Waals surface area contributed by atoms with Crippen LogP contribution in [0.3, 0.4) is 0 Å². The van der Waals surface area contributed by atoms with Gasteiger partial charge in [-0.05, 0) is 12.1 Å². The Morgan fingerprint density at radius 3 is 1.82 bits per heavy atom. The summed E-state index contributed by atoms with van der Waals surface area (Å²) in [6.07, 6.45) is 0. The van der Waals surface area contributed by atoms with Gasteiger partial charge < -0.3 is 19.9 Å². The number of benzene rings is 1. The predicted molar refractivity (Wildman–Crippen MR) is 59.4 cm³/mol. The highest BCUT2D eigenvalue weighted by Crippen LogP contribution is 2.30. The van der Waals surface area contributed by atoms with Crippen LogP contribution in [0.4, 0.5) is 0 Å². The first-order valence-corrected chi connectivity index (χ1v) is 4.69. The molecule has 0 saturated carbocycles. The van der Waals surface area contributed by atoms with E-state index in [9.17, 15) is 9.59 Å². The van der Waals surface area contributed by atoms with Crippen LogP contribution in [-0.2, 0) is 4.74 Å². The van der Waals surface area contributed by atoms with E-state index in [1.807, 2.05) is 0 Å². The molecule has 0 saturated heterocycles. The van der Waals surface area contributed by atoms with Gasteiger partial charge in [0.2, 0.25) is 0 Å². The van der Waals surface area contributed by atoms with Crippen molar-refractivity contribution in [3.63, 3.8) is 0 Å². The van der Waals surface area contributed by atoms with Gasteiger partial charge >= 0.3 is 5.97 Å². The molecule has 1 amide bonds. The minimum absolute atomic E-state index is 0.0858. The highest BCUT2D eigenvalue weighted by Gasteiger charge is 2.20. The van der Waals surface area contributed by atoms with Crippen molar-refractivity contribution in [1.82, 2.24) is 0 Å². The van der Waals surface area contributed by atoms with Gasteiger partial charge in [0.25, 0.3) is 5.91 Å². The van der Waals surface area contributed by atoms with Crippen molar-refractivity contribution in [3.05, 3.63) is 23.3 Å². The van der Waals surface area contributed by atoms with Crippen LogP contribution in [0.1, 0.15) is 20.7 Å². The summed E-state index contributed by atoms with van der Waals surface area (Å²) in [6, 6.07) is 2.74. The Morgan fingerprint density at radius 2 is 1.53 bits per heavy atom. The van der Waals surface area contributed by atoms with E-state index in [-0.39, 0.29) is 22.6 Å². The van der Waals surface area contributed by atoms with E-state index in [1.54, 1.807) is 0 Å². The fourth-order valence-electron chi connectivity index (χ4n) is 1.39. The Kier molecular flexibility index (Phi) is 3.92. The van der Waals surface area contributed by atoms with Gasteiger partial charge in [0.05, 0.1) is 26.9 Å². The number of hydrogen-bond acceptors (Lipinski definition) is 5. The van der Waals surface area contributed by atoms with Crippen molar-refractivity contribution in [1.29, 1.82) is 0 Å². The van der Waals surface area contributed by atoms with E-state index in [0.717, 1.165) is 0 Å². The molecule has 0 bridgehead atoms. The molecule has 0 aliphatic rings. The summed E-state index contributed by atoms with van der Waals surface area (Å²) in [5.41, 5.74) is 5.51. The summed E-state index contributed by atoms with van der Waals surface area (Å²) < 4.78 is 14.6. The number of carbonyl (C=O) groups is 2. The molecule has 2 N–H and O–H groups in total. The predicted octanol–water partition coefficient (Wildman–Crippen LogP) is 0.589. The minimum Gasteiger partial charge on any atom is -0.496 e. The Balaban J connectivity index is 3.44. The maximum Gasteiger partial charge on any atom is 0.338 e. The lowest BCUT2D eigenvalue weighted by atomic mass is 10.1. The third-order valence-corrected chi connectivity index (χ3v) is 2.17. The van der Waals surface area contributed by atoms with Crippen LogP contribution in [-0.4, -0.2) is 33.2 Å². The SMILES string of the molecule is COC(=O)c1cc(OC)c(C(N)=O)c(OC)c1. The van der Waals surface area contributed by atoms with E-state index in [0.29, 0.717) is 0 Å². The number of ether oxygens (including phenoxy) is 3. The molecular weight excluding hydrogens is 226 g/mol. The standard InChI is InChI=1S/C11H13NO5/c1-15-7-4-6(11(14)17-3)5-8(16-2)9(7)10(12)13/h4-5H,1-3H3,(H2,12,13). The number of carbonyl (C=O) groups excluding carboxylic acids is 2. The number of esters is 1. The molecule has 0 aliphatic carbocycles. The monoisotopic (exact) mass is 239 g/mol. The zero-order valence-corrected chi connectivity index (χ0v) is 9.77. The third-order valence-electron chi connectivity index (χ3n) is 2.17. The van der Waals surface area contributed by atoms with E-state index in [2.05, 4.69) is 4.74 Å². The summed E-state index contributed by atoms with van der Waals surface area (Å²) in [5.74, 6) is -0.928. The summed E-state index contributed by atoms with van der Waals surface area (Å²) in [7, 11) is 3.98. The number of methoxy groups -OCH3 is 3. The van der Waals surface area contributed by atoms with Crippen molar-refractivity contribution >= 4 is 11.9 Å². The van der Waals surface area contributed by atoms with Gasteiger partial charge in [-0.1, -0.05) is 0 Å². The Labute approximate surface area is 98.3 Å². The molecule has 1 rings (SSSR count). The van der Waals surface area contributed by atoms with Gasteiger partial charge in [-0.25, -0.2) is 4.79 Å². The second-order valence-corrected chi connectivity index (χ2v) is 3.11.